The van der Waals surface area contributed by atoms with E-state index in [4.69, 9.17) is 10.2 Å². The summed E-state index contributed by atoms with van der Waals surface area (Å²) in [5, 5.41) is 14.0. The number of unbranched alkanes of at least 4 members (excludes halogenated alkanes) is 1. The van der Waals surface area contributed by atoms with Crippen LogP contribution in [-0.4, -0.2) is 28.7 Å². The van der Waals surface area contributed by atoms with Gasteiger partial charge in [0.25, 0.3) is 0 Å². The summed E-state index contributed by atoms with van der Waals surface area (Å²) in [6, 6.07) is 0.789. The first-order valence-corrected chi connectivity index (χ1v) is 6.16. The SMILES string of the molecule is CC(C)NCc1nnc(NCCCCC(N)=O)o1. The summed E-state index contributed by atoms with van der Waals surface area (Å²) in [7, 11) is 0. The molecule has 18 heavy (non-hydrogen) atoms. The molecule has 0 spiro atoms. The van der Waals surface area contributed by atoms with E-state index in [1.54, 1.807) is 0 Å². The molecule has 0 saturated carbocycles. The lowest BCUT2D eigenvalue weighted by atomic mass is 10.2. The Morgan fingerprint density at radius 2 is 2.17 bits per heavy atom. The second-order valence-electron chi connectivity index (χ2n) is 4.39. The van der Waals surface area contributed by atoms with Crippen molar-refractivity contribution >= 4 is 11.9 Å². The summed E-state index contributed by atoms with van der Waals surface area (Å²) >= 11 is 0. The fraction of sp³-hybridized carbons (Fsp3) is 0.727. The van der Waals surface area contributed by atoms with Crippen LogP contribution < -0.4 is 16.4 Å². The van der Waals surface area contributed by atoms with E-state index in [1.165, 1.54) is 0 Å². The topological polar surface area (TPSA) is 106 Å². The minimum absolute atomic E-state index is 0.269. The number of hydrogen-bond donors (Lipinski definition) is 3. The number of nitrogens with one attached hydrogen (secondary N) is 2. The highest BCUT2D eigenvalue weighted by Crippen LogP contribution is 2.06. The highest BCUT2D eigenvalue weighted by molar-refractivity contribution is 5.73. The number of primary amides is 1. The molecule has 1 rings (SSSR count). The van der Waals surface area contributed by atoms with Crippen LogP contribution in [0.3, 0.4) is 0 Å². The Morgan fingerprint density at radius 1 is 1.39 bits per heavy atom. The Bertz CT molecular complexity index is 364. The van der Waals surface area contributed by atoms with E-state index in [0.29, 0.717) is 37.5 Å². The number of carbonyl (C=O) groups is 1. The van der Waals surface area contributed by atoms with Gasteiger partial charge in [-0.15, -0.1) is 5.10 Å². The van der Waals surface area contributed by atoms with Gasteiger partial charge >= 0.3 is 6.01 Å². The van der Waals surface area contributed by atoms with Gasteiger partial charge in [0.2, 0.25) is 11.8 Å². The lowest BCUT2D eigenvalue weighted by Gasteiger charge is -2.03. The Hall–Kier alpha value is -1.63. The van der Waals surface area contributed by atoms with Gasteiger partial charge in [-0.25, -0.2) is 0 Å². The van der Waals surface area contributed by atoms with Crippen LogP contribution in [0.2, 0.25) is 0 Å². The molecular weight excluding hydrogens is 234 g/mol. The van der Waals surface area contributed by atoms with Gasteiger partial charge in [-0.2, -0.15) is 0 Å². The van der Waals surface area contributed by atoms with E-state index >= 15 is 0 Å². The van der Waals surface area contributed by atoms with Gasteiger partial charge in [0.1, 0.15) is 0 Å². The number of hydrogen-bond acceptors (Lipinski definition) is 6. The Morgan fingerprint density at radius 3 is 2.83 bits per heavy atom. The van der Waals surface area contributed by atoms with Crippen LogP contribution in [-0.2, 0) is 11.3 Å². The van der Waals surface area contributed by atoms with E-state index in [0.717, 1.165) is 12.8 Å². The van der Waals surface area contributed by atoms with Crippen LogP contribution in [0.25, 0.3) is 0 Å². The average Bonchev–Trinajstić information content (AvgIpc) is 2.73. The number of rotatable bonds is 9. The number of amides is 1. The molecule has 0 aliphatic heterocycles. The smallest absolute Gasteiger partial charge is 0.315 e. The second-order valence-corrected chi connectivity index (χ2v) is 4.39. The van der Waals surface area contributed by atoms with Crippen molar-refractivity contribution in [1.29, 1.82) is 0 Å². The molecule has 0 bridgehead atoms. The Labute approximate surface area is 107 Å². The monoisotopic (exact) mass is 255 g/mol. The summed E-state index contributed by atoms with van der Waals surface area (Å²) in [4.78, 5) is 10.5. The van der Waals surface area contributed by atoms with Crippen molar-refractivity contribution in [2.75, 3.05) is 11.9 Å². The molecule has 0 fully saturated rings. The van der Waals surface area contributed by atoms with Crippen molar-refractivity contribution in [1.82, 2.24) is 15.5 Å². The van der Waals surface area contributed by atoms with Crippen molar-refractivity contribution < 1.29 is 9.21 Å². The van der Waals surface area contributed by atoms with Crippen molar-refractivity contribution in [2.45, 2.75) is 45.7 Å². The third-order valence-electron chi connectivity index (χ3n) is 2.25. The van der Waals surface area contributed by atoms with Crippen LogP contribution in [0.1, 0.15) is 39.0 Å². The second kappa shape index (κ2) is 7.65. The first-order valence-electron chi connectivity index (χ1n) is 6.16. The molecule has 1 heterocycles. The maximum Gasteiger partial charge on any atom is 0.315 e. The van der Waals surface area contributed by atoms with Gasteiger partial charge in [-0.3, -0.25) is 4.79 Å². The standard InChI is InChI=1S/C11H21N5O2/c1-8(2)14-7-10-15-16-11(18-10)13-6-4-3-5-9(12)17/h8,14H,3-7H2,1-2H3,(H2,12,17)(H,13,16). The summed E-state index contributed by atoms with van der Waals surface area (Å²) in [5.41, 5.74) is 5.04. The van der Waals surface area contributed by atoms with Crippen LogP contribution in [0.15, 0.2) is 4.42 Å². The fourth-order valence-corrected chi connectivity index (χ4v) is 1.31. The van der Waals surface area contributed by atoms with Gasteiger partial charge in [0, 0.05) is 19.0 Å². The summed E-state index contributed by atoms with van der Waals surface area (Å²) in [5.74, 6) is 0.290. The maximum atomic E-state index is 10.5. The molecule has 0 aliphatic rings. The van der Waals surface area contributed by atoms with E-state index in [-0.39, 0.29) is 5.91 Å². The zero-order valence-electron chi connectivity index (χ0n) is 10.9. The average molecular weight is 255 g/mol. The third-order valence-corrected chi connectivity index (χ3v) is 2.25. The number of anilines is 1. The van der Waals surface area contributed by atoms with Crippen molar-refractivity contribution in [3.63, 3.8) is 0 Å². The molecule has 1 amide bonds. The lowest BCUT2D eigenvalue weighted by molar-refractivity contribution is -0.118. The molecule has 0 atom stereocenters. The van der Waals surface area contributed by atoms with Gasteiger partial charge < -0.3 is 20.8 Å². The predicted octanol–water partition coefficient (Wildman–Crippen LogP) is 0.635. The van der Waals surface area contributed by atoms with Crippen molar-refractivity contribution in [2.24, 2.45) is 5.73 Å². The summed E-state index contributed by atoms with van der Waals surface area (Å²) < 4.78 is 5.37. The molecule has 0 saturated heterocycles. The van der Waals surface area contributed by atoms with E-state index < -0.39 is 0 Å². The number of nitrogens with zero attached hydrogens (tertiary/aromatic N) is 2. The highest BCUT2D eigenvalue weighted by Gasteiger charge is 2.05. The number of carbonyl (C=O) groups excluding carboxylic acids is 1. The Kier molecular flexibility index (Phi) is 6.13. The quantitative estimate of drug-likeness (QED) is 0.559. The normalized spacial score (nSPS) is 10.8. The van der Waals surface area contributed by atoms with Crippen LogP contribution in [0, 0.1) is 0 Å². The number of nitrogens with two attached hydrogens (primary N) is 1. The first kappa shape index (κ1) is 14.4. The molecule has 1 aromatic rings. The first-order chi connectivity index (χ1) is 8.58. The molecule has 0 unspecified atom stereocenters. The minimum Gasteiger partial charge on any atom is -0.407 e. The zero-order valence-corrected chi connectivity index (χ0v) is 10.9. The van der Waals surface area contributed by atoms with Crippen LogP contribution in [0.4, 0.5) is 6.01 Å². The molecule has 0 radical (unpaired) electrons. The van der Waals surface area contributed by atoms with Crippen LogP contribution in [0.5, 0.6) is 0 Å². The number of aromatic nitrogens is 2. The van der Waals surface area contributed by atoms with Gasteiger partial charge in [-0.1, -0.05) is 18.9 Å². The predicted molar refractivity (Wildman–Crippen MR) is 67.8 cm³/mol. The molecule has 7 heteroatoms. The summed E-state index contributed by atoms with van der Waals surface area (Å²) in [6.07, 6.45) is 2.01. The van der Waals surface area contributed by atoms with Gasteiger partial charge in [0.05, 0.1) is 6.54 Å². The van der Waals surface area contributed by atoms with E-state index in [2.05, 4.69) is 20.8 Å². The molecule has 7 nitrogen and oxygen atoms in total. The largest absolute Gasteiger partial charge is 0.407 e. The van der Waals surface area contributed by atoms with Gasteiger partial charge in [-0.05, 0) is 12.8 Å². The minimum atomic E-state index is -0.269. The zero-order chi connectivity index (χ0) is 13.4. The molecule has 102 valence electrons. The molecule has 4 N–H and O–H groups in total. The third kappa shape index (κ3) is 6.19. The molecule has 0 aromatic carbocycles. The molecule has 0 aliphatic carbocycles. The van der Waals surface area contributed by atoms with Crippen molar-refractivity contribution in [3.8, 4) is 0 Å². The molecule has 1 aromatic heterocycles. The lowest BCUT2D eigenvalue weighted by Crippen LogP contribution is -2.21. The fourth-order valence-electron chi connectivity index (χ4n) is 1.31. The van der Waals surface area contributed by atoms with Crippen LogP contribution >= 0.6 is 0 Å². The highest BCUT2D eigenvalue weighted by atomic mass is 16.4. The van der Waals surface area contributed by atoms with E-state index in [1.807, 2.05) is 13.8 Å². The summed E-state index contributed by atoms with van der Waals surface area (Å²) in [6.45, 7) is 5.35. The maximum absolute atomic E-state index is 10.5. The van der Waals surface area contributed by atoms with Crippen molar-refractivity contribution in [3.05, 3.63) is 5.89 Å². The van der Waals surface area contributed by atoms with Gasteiger partial charge in [0.15, 0.2) is 0 Å². The Balaban J connectivity index is 2.17. The molecular formula is C11H21N5O2. The van der Waals surface area contributed by atoms with E-state index in [9.17, 15) is 4.79 Å².